The van der Waals surface area contributed by atoms with Crippen LogP contribution in [0.5, 0.6) is 0 Å². The Morgan fingerprint density at radius 1 is 1.00 bits per heavy atom. The molecule has 2 aliphatic rings. The summed E-state index contributed by atoms with van der Waals surface area (Å²) < 4.78 is 23.3. The summed E-state index contributed by atoms with van der Waals surface area (Å²) in [5.41, 5.74) is 8.17. The van der Waals surface area contributed by atoms with E-state index in [9.17, 15) is 13.2 Å². The zero-order valence-electron chi connectivity index (χ0n) is 19.0. The van der Waals surface area contributed by atoms with E-state index in [1.54, 1.807) is 24.3 Å². The second kappa shape index (κ2) is 9.74. The number of rotatable bonds is 7. The van der Waals surface area contributed by atoms with Gasteiger partial charge in [-0.05, 0) is 80.7 Å². The number of amides is 1. The van der Waals surface area contributed by atoms with Crippen molar-refractivity contribution in [3.05, 3.63) is 64.7 Å². The number of hydrogen-bond donors (Lipinski definition) is 1. The van der Waals surface area contributed by atoms with E-state index in [2.05, 4.69) is 4.90 Å². The molecule has 8 heteroatoms. The predicted molar refractivity (Wildman–Crippen MR) is 131 cm³/mol. The first-order valence-corrected chi connectivity index (χ1v) is 13.8. The zero-order chi connectivity index (χ0) is 23.6. The minimum atomic E-state index is -3.21. The molecular weight excluding hydrogens is 458 g/mol. The van der Waals surface area contributed by atoms with Crippen molar-refractivity contribution in [1.82, 2.24) is 9.80 Å². The number of likely N-dealkylation sites (tertiary alicyclic amines) is 2. The number of sulfone groups is 1. The Morgan fingerprint density at radius 3 is 2.21 bits per heavy atom. The Balaban J connectivity index is 1.28. The zero-order valence-corrected chi connectivity index (χ0v) is 20.6. The molecule has 1 unspecified atom stereocenters. The van der Waals surface area contributed by atoms with Crippen molar-refractivity contribution in [2.24, 2.45) is 11.1 Å². The Kier molecular flexibility index (Phi) is 7.15. The molecule has 1 spiro atoms. The van der Waals surface area contributed by atoms with E-state index in [0.717, 1.165) is 63.0 Å². The third kappa shape index (κ3) is 5.60. The molecule has 0 bridgehead atoms. The second-order valence-electron chi connectivity index (χ2n) is 9.46. The van der Waals surface area contributed by atoms with Crippen LogP contribution in [0, 0.1) is 5.41 Å². The molecule has 4 rings (SSSR count). The highest BCUT2D eigenvalue weighted by Crippen LogP contribution is 2.42. The van der Waals surface area contributed by atoms with Gasteiger partial charge < -0.3 is 15.5 Å². The fourth-order valence-electron chi connectivity index (χ4n) is 4.97. The molecule has 2 saturated heterocycles. The van der Waals surface area contributed by atoms with Crippen molar-refractivity contribution >= 4 is 27.3 Å². The summed E-state index contributed by atoms with van der Waals surface area (Å²) in [5, 5.41) is 0.716. The first-order valence-electron chi connectivity index (χ1n) is 11.5. The Hall–Kier alpha value is -1.93. The van der Waals surface area contributed by atoms with Gasteiger partial charge in [0.15, 0.2) is 9.84 Å². The predicted octanol–water partition coefficient (Wildman–Crippen LogP) is 3.65. The van der Waals surface area contributed by atoms with Crippen LogP contribution in [0.2, 0.25) is 5.02 Å². The topological polar surface area (TPSA) is 83.7 Å². The summed E-state index contributed by atoms with van der Waals surface area (Å²) in [6.45, 7) is 4.04. The van der Waals surface area contributed by atoms with Crippen molar-refractivity contribution in [1.29, 1.82) is 0 Å². The number of carbonyl (C=O) groups is 1. The number of piperidine rings is 1. The monoisotopic (exact) mass is 489 g/mol. The lowest BCUT2D eigenvalue weighted by Gasteiger charge is -2.38. The molecule has 33 heavy (non-hydrogen) atoms. The van der Waals surface area contributed by atoms with E-state index >= 15 is 0 Å². The lowest BCUT2D eigenvalue weighted by atomic mass is 9.77. The molecule has 178 valence electrons. The summed E-state index contributed by atoms with van der Waals surface area (Å²) in [5.74, 6) is 0.243. The third-order valence-electron chi connectivity index (χ3n) is 7.19. The van der Waals surface area contributed by atoms with Crippen LogP contribution in [0.1, 0.15) is 42.9 Å². The molecule has 1 atom stereocenters. The SMILES string of the molecule is CS(=O)(=O)c1ccc(CN2CCC3(CCN(CCC(N)c4ccc(Cl)cc4)CC3)C2=O)cc1. The molecule has 1 amide bonds. The maximum atomic E-state index is 13.3. The number of nitrogens with two attached hydrogens (primary N) is 1. The Morgan fingerprint density at radius 2 is 1.61 bits per heavy atom. The van der Waals surface area contributed by atoms with Gasteiger partial charge in [-0.1, -0.05) is 35.9 Å². The third-order valence-corrected chi connectivity index (χ3v) is 8.57. The summed E-state index contributed by atoms with van der Waals surface area (Å²) in [7, 11) is -3.21. The van der Waals surface area contributed by atoms with Gasteiger partial charge >= 0.3 is 0 Å². The van der Waals surface area contributed by atoms with Gasteiger partial charge in [0.05, 0.1) is 10.3 Å². The first kappa shape index (κ1) is 24.2. The highest BCUT2D eigenvalue weighted by molar-refractivity contribution is 7.90. The van der Waals surface area contributed by atoms with Crippen molar-refractivity contribution in [2.45, 2.75) is 43.2 Å². The highest BCUT2D eigenvalue weighted by Gasteiger charge is 2.47. The molecule has 2 aromatic carbocycles. The number of halogens is 1. The molecule has 0 aromatic heterocycles. The maximum absolute atomic E-state index is 13.3. The molecular formula is C25H32ClN3O3S. The summed E-state index contributed by atoms with van der Waals surface area (Å²) in [6.07, 6.45) is 4.73. The van der Waals surface area contributed by atoms with Gasteiger partial charge in [0.25, 0.3) is 0 Å². The molecule has 2 fully saturated rings. The molecule has 0 radical (unpaired) electrons. The smallest absolute Gasteiger partial charge is 0.229 e. The van der Waals surface area contributed by atoms with Crippen molar-refractivity contribution in [3.8, 4) is 0 Å². The lowest BCUT2D eigenvalue weighted by molar-refractivity contribution is -0.138. The largest absolute Gasteiger partial charge is 0.338 e. The molecule has 0 saturated carbocycles. The number of benzene rings is 2. The quantitative estimate of drug-likeness (QED) is 0.641. The van der Waals surface area contributed by atoms with Crippen LogP contribution < -0.4 is 5.73 Å². The highest BCUT2D eigenvalue weighted by atomic mass is 35.5. The van der Waals surface area contributed by atoms with Gasteiger partial charge in [0.2, 0.25) is 5.91 Å². The van der Waals surface area contributed by atoms with Crippen LogP contribution in [-0.4, -0.2) is 56.6 Å². The van der Waals surface area contributed by atoms with Crippen LogP contribution >= 0.6 is 11.6 Å². The molecule has 2 heterocycles. The minimum Gasteiger partial charge on any atom is -0.338 e. The van der Waals surface area contributed by atoms with Gasteiger partial charge in [-0.15, -0.1) is 0 Å². The van der Waals surface area contributed by atoms with Crippen LogP contribution in [0.25, 0.3) is 0 Å². The van der Waals surface area contributed by atoms with Crippen LogP contribution in [0.15, 0.2) is 53.4 Å². The molecule has 0 aliphatic carbocycles. The Bertz CT molecular complexity index is 1080. The maximum Gasteiger partial charge on any atom is 0.229 e. The van der Waals surface area contributed by atoms with Crippen LogP contribution in [0.4, 0.5) is 0 Å². The van der Waals surface area contributed by atoms with Gasteiger partial charge in [-0.3, -0.25) is 4.79 Å². The van der Waals surface area contributed by atoms with Gasteiger partial charge in [-0.2, -0.15) is 0 Å². The van der Waals surface area contributed by atoms with Gasteiger partial charge in [-0.25, -0.2) is 8.42 Å². The summed E-state index contributed by atoms with van der Waals surface area (Å²) in [4.78, 5) is 17.9. The summed E-state index contributed by atoms with van der Waals surface area (Å²) >= 11 is 5.96. The van der Waals surface area contributed by atoms with E-state index in [0.29, 0.717) is 16.5 Å². The number of carbonyl (C=O) groups excluding carboxylic acids is 1. The van der Waals surface area contributed by atoms with Crippen LogP contribution in [0.3, 0.4) is 0 Å². The molecule has 2 N–H and O–H groups in total. The first-order chi connectivity index (χ1) is 15.7. The minimum absolute atomic E-state index is 0.0177. The standard InChI is InChI=1S/C25H32ClN3O3S/c1-33(31,32)22-8-2-19(3-9-22)18-29-17-13-25(24(29)30)11-15-28(16-12-25)14-10-23(27)20-4-6-21(26)7-5-20/h2-9,23H,10-18,27H2,1H3. The average Bonchev–Trinajstić information content (AvgIpc) is 3.08. The molecule has 2 aliphatic heterocycles. The van der Waals surface area contributed by atoms with E-state index in [-0.39, 0.29) is 17.4 Å². The van der Waals surface area contributed by atoms with E-state index in [4.69, 9.17) is 17.3 Å². The molecule has 2 aromatic rings. The van der Waals surface area contributed by atoms with E-state index in [1.165, 1.54) is 6.26 Å². The number of hydrogen-bond acceptors (Lipinski definition) is 5. The fourth-order valence-corrected chi connectivity index (χ4v) is 5.73. The summed E-state index contributed by atoms with van der Waals surface area (Å²) in [6, 6.07) is 14.6. The van der Waals surface area contributed by atoms with Gasteiger partial charge in [0, 0.05) is 30.4 Å². The molecule has 6 nitrogen and oxygen atoms in total. The Labute approximate surface area is 201 Å². The number of nitrogens with zero attached hydrogens (tertiary/aromatic N) is 2. The average molecular weight is 490 g/mol. The normalized spacial score (nSPS) is 19.8. The van der Waals surface area contributed by atoms with Crippen molar-refractivity contribution in [2.75, 3.05) is 32.4 Å². The van der Waals surface area contributed by atoms with Crippen molar-refractivity contribution < 1.29 is 13.2 Å². The fraction of sp³-hybridized carbons (Fsp3) is 0.480. The van der Waals surface area contributed by atoms with E-state index < -0.39 is 9.84 Å². The van der Waals surface area contributed by atoms with Crippen molar-refractivity contribution in [3.63, 3.8) is 0 Å². The van der Waals surface area contributed by atoms with Gasteiger partial charge in [0.1, 0.15) is 0 Å². The second-order valence-corrected chi connectivity index (χ2v) is 11.9. The van der Waals surface area contributed by atoms with Crippen LogP contribution in [-0.2, 0) is 21.2 Å². The lowest BCUT2D eigenvalue weighted by Crippen LogP contribution is -2.45. The van der Waals surface area contributed by atoms with E-state index in [1.807, 2.05) is 29.2 Å².